The summed E-state index contributed by atoms with van der Waals surface area (Å²) in [5.41, 5.74) is 3.32. The van der Waals surface area contributed by atoms with Crippen LogP contribution < -0.4 is 14.4 Å². The number of nitrogens with zero attached hydrogens (tertiary/aromatic N) is 1. The largest absolute Gasteiger partial charge is 0.496 e. The second kappa shape index (κ2) is 9.31. The molecular weight excluding hydrogens is 388 g/mol. The van der Waals surface area contributed by atoms with E-state index in [1.807, 2.05) is 45.0 Å². The van der Waals surface area contributed by atoms with E-state index in [0.29, 0.717) is 12.1 Å². The van der Waals surface area contributed by atoms with Crippen LogP contribution in [0.4, 0.5) is 5.69 Å². The summed E-state index contributed by atoms with van der Waals surface area (Å²) in [5, 5.41) is 3.00. The molecule has 1 amide bonds. The van der Waals surface area contributed by atoms with Crippen molar-refractivity contribution in [2.45, 2.75) is 46.2 Å². The number of benzene rings is 2. The van der Waals surface area contributed by atoms with Crippen LogP contribution >= 0.6 is 0 Å². The highest BCUT2D eigenvalue weighted by molar-refractivity contribution is 7.92. The predicted molar refractivity (Wildman–Crippen MR) is 117 cm³/mol. The fourth-order valence-electron chi connectivity index (χ4n) is 3.41. The molecule has 2 aromatic carbocycles. The normalized spacial score (nSPS) is 13.4. The number of aryl methyl sites for hydroxylation is 2. The summed E-state index contributed by atoms with van der Waals surface area (Å²) in [6, 6.07) is 11.8. The molecule has 0 saturated carbocycles. The Hall–Kier alpha value is -2.54. The minimum Gasteiger partial charge on any atom is -0.496 e. The number of rotatable bonds is 8. The van der Waals surface area contributed by atoms with Crippen molar-refractivity contribution < 1.29 is 17.9 Å². The molecule has 7 heteroatoms. The van der Waals surface area contributed by atoms with Gasteiger partial charge in [-0.25, -0.2) is 8.42 Å². The molecular formula is C22H30N2O4S. The number of ether oxygens (including phenoxy) is 1. The maximum absolute atomic E-state index is 13.0. The van der Waals surface area contributed by atoms with Crippen LogP contribution in [0.15, 0.2) is 42.5 Å². The van der Waals surface area contributed by atoms with E-state index < -0.39 is 16.1 Å². The number of carbonyl (C=O) groups excluding carboxylic acids is 1. The second-order valence-corrected chi connectivity index (χ2v) is 9.13. The Morgan fingerprint density at radius 3 is 2.38 bits per heavy atom. The average Bonchev–Trinajstić information content (AvgIpc) is 2.64. The SMILES string of the molecule is CC[C@@H](NC(=O)[C@H](C)N(c1cccc(C)c1)S(C)(=O)=O)c1ccc(OC)c(C)c1. The van der Waals surface area contributed by atoms with Gasteiger partial charge in [-0.3, -0.25) is 9.10 Å². The topological polar surface area (TPSA) is 75.7 Å². The number of amides is 1. The van der Waals surface area contributed by atoms with E-state index in [4.69, 9.17) is 4.74 Å². The standard InChI is InChI=1S/C22H30N2O4S/c1-7-20(18-11-12-21(28-5)16(3)14-18)23-22(25)17(4)24(29(6,26)27)19-10-8-9-15(2)13-19/h8-14,17,20H,7H2,1-6H3,(H,23,25)/t17-,20+/m0/s1. The molecule has 0 aliphatic carbocycles. The van der Waals surface area contributed by atoms with Gasteiger partial charge in [-0.05, 0) is 62.1 Å². The predicted octanol–water partition coefficient (Wildman–Crippen LogP) is 3.73. The molecule has 158 valence electrons. The molecule has 0 aromatic heterocycles. The fraction of sp³-hybridized carbons (Fsp3) is 0.409. The fourth-order valence-corrected chi connectivity index (χ4v) is 4.57. The van der Waals surface area contributed by atoms with Gasteiger partial charge in [-0.15, -0.1) is 0 Å². The van der Waals surface area contributed by atoms with Gasteiger partial charge in [0.15, 0.2) is 0 Å². The van der Waals surface area contributed by atoms with Gasteiger partial charge in [0.05, 0.1) is 25.1 Å². The Morgan fingerprint density at radius 2 is 1.86 bits per heavy atom. The van der Waals surface area contributed by atoms with E-state index in [9.17, 15) is 13.2 Å². The number of nitrogens with one attached hydrogen (secondary N) is 1. The summed E-state index contributed by atoms with van der Waals surface area (Å²) < 4.78 is 31.4. The lowest BCUT2D eigenvalue weighted by Gasteiger charge is -2.30. The first-order valence-electron chi connectivity index (χ1n) is 9.59. The Kier molecular flexibility index (Phi) is 7.30. The Balaban J connectivity index is 2.29. The van der Waals surface area contributed by atoms with Crippen LogP contribution in [0, 0.1) is 13.8 Å². The molecule has 0 unspecified atom stereocenters. The molecule has 0 saturated heterocycles. The van der Waals surface area contributed by atoms with E-state index in [1.165, 1.54) is 4.31 Å². The van der Waals surface area contributed by atoms with Gasteiger partial charge in [0.25, 0.3) is 0 Å². The van der Waals surface area contributed by atoms with Crippen LogP contribution in [0.5, 0.6) is 5.75 Å². The maximum Gasteiger partial charge on any atom is 0.244 e. The first-order chi connectivity index (χ1) is 13.6. The van der Waals surface area contributed by atoms with Gasteiger partial charge in [-0.1, -0.05) is 31.2 Å². The van der Waals surface area contributed by atoms with Crippen molar-refractivity contribution in [3.8, 4) is 5.75 Å². The molecule has 2 aromatic rings. The zero-order chi connectivity index (χ0) is 21.8. The van der Waals surface area contributed by atoms with Crippen molar-refractivity contribution in [1.82, 2.24) is 5.32 Å². The van der Waals surface area contributed by atoms with Crippen LogP contribution in [0.2, 0.25) is 0 Å². The average molecular weight is 419 g/mol. The molecule has 6 nitrogen and oxygen atoms in total. The lowest BCUT2D eigenvalue weighted by molar-refractivity contribution is -0.122. The summed E-state index contributed by atoms with van der Waals surface area (Å²) in [7, 11) is -2.03. The highest BCUT2D eigenvalue weighted by Crippen LogP contribution is 2.26. The Bertz CT molecular complexity index is 973. The molecule has 0 heterocycles. The quantitative estimate of drug-likeness (QED) is 0.709. The molecule has 2 rings (SSSR count). The first kappa shape index (κ1) is 22.7. The number of hydrogen-bond acceptors (Lipinski definition) is 4. The lowest BCUT2D eigenvalue weighted by Crippen LogP contribution is -2.48. The molecule has 1 N–H and O–H groups in total. The third kappa shape index (κ3) is 5.50. The summed E-state index contributed by atoms with van der Waals surface area (Å²) in [6.45, 7) is 7.41. The number of hydrogen-bond donors (Lipinski definition) is 1. The van der Waals surface area contributed by atoms with Gasteiger partial charge in [-0.2, -0.15) is 0 Å². The first-order valence-corrected chi connectivity index (χ1v) is 11.4. The van der Waals surface area contributed by atoms with Crippen molar-refractivity contribution in [3.05, 3.63) is 59.2 Å². The molecule has 0 bridgehead atoms. The van der Waals surface area contributed by atoms with Crippen molar-refractivity contribution in [1.29, 1.82) is 0 Å². The number of anilines is 1. The highest BCUT2D eigenvalue weighted by Gasteiger charge is 2.30. The summed E-state index contributed by atoms with van der Waals surface area (Å²) in [4.78, 5) is 13.0. The summed E-state index contributed by atoms with van der Waals surface area (Å²) >= 11 is 0. The minimum atomic E-state index is -3.65. The van der Waals surface area contributed by atoms with E-state index in [1.54, 1.807) is 32.2 Å². The van der Waals surface area contributed by atoms with Gasteiger partial charge in [0.2, 0.25) is 15.9 Å². The van der Waals surface area contributed by atoms with Crippen LogP contribution in [0.3, 0.4) is 0 Å². The van der Waals surface area contributed by atoms with Crippen molar-refractivity contribution in [2.75, 3.05) is 17.7 Å². The molecule has 2 atom stereocenters. The number of methoxy groups -OCH3 is 1. The lowest BCUT2D eigenvalue weighted by atomic mass is 10.0. The van der Waals surface area contributed by atoms with Crippen molar-refractivity contribution in [3.63, 3.8) is 0 Å². The molecule has 0 spiro atoms. The van der Waals surface area contributed by atoms with Crippen molar-refractivity contribution in [2.24, 2.45) is 0 Å². The number of carbonyl (C=O) groups is 1. The third-order valence-corrected chi connectivity index (χ3v) is 6.13. The highest BCUT2D eigenvalue weighted by atomic mass is 32.2. The van der Waals surface area contributed by atoms with Crippen molar-refractivity contribution >= 4 is 21.6 Å². The number of sulfonamides is 1. The molecule has 29 heavy (non-hydrogen) atoms. The van der Waals surface area contributed by atoms with Gasteiger partial charge < -0.3 is 10.1 Å². The van der Waals surface area contributed by atoms with Crippen LogP contribution in [0.1, 0.15) is 43.0 Å². The third-order valence-electron chi connectivity index (χ3n) is 4.89. The monoisotopic (exact) mass is 418 g/mol. The maximum atomic E-state index is 13.0. The van der Waals surface area contributed by atoms with E-state index in [2.05, 4.69) is 5.32 Å². The molecule has 0 fully saturated rings. The smallest absolute Gasteiger partial charge is 0.244 e. The van der Waals surface area contributed by atoms with Crippen LogP contribution in [0.25, 0.3) is 0 Å². The zero-order valence-electron chi connectivity index (χ0n) is 17.9. The van der Waals surface area contributed by atoms with Gasteiger partial charge >= 0.3 is 0 Å². The minimum absolute atomic E-state index is 0.228. The van der Waals surface area contributed by atoms with Crippen LogP contribution in [-0.4, -0.2) is 33.7 Å². The van der Waals surface area contributed by atoms with Gasteiger partial charge in [0.1, 0.15) is 11.8 Å². The summed E-state index contributed by atoms with van der Waals surface area (Å²) in [6.07, 6.45) is 1.79. The Labute approximate surface area is 173 Å². The van der Waals surface area contributed by atoms with Crippen LogP contribution in [-0.2, 0) is 14.8 Å². The van der Waals surface area contributed by atoms with E-state index in [0.717, 1.165) is 28.7 Å². The molecule has 0 aliphatic heterocycles. The van der Waals surface area contributed by atoms with E-state index >= 15 is 0 Å². The van der Waals surface area contributed by atoms with Gasteiger partial charge in [0, 0.05) is 0 Å². The summed E-state index contributed by atoms with van der Waals surface area (Å²) in [5.74, 6) is 0.434. The Morgan fingerprint density at radius 1 is 1.17 bits per heavy atom. The molecule has 0 aliphatic rings. The molecule has 0 radical (unpaired) electrons. The second-order valence-electron chi connectivity index (χ2n) is 7.27. The zero-order valence-corrected chi connectivity index (χ0v) is 18.7. The van der Waals surface area contributed by atoms with E-state index in [-0.39, 0.29) is 11.9 Å².